The van der Waals surface area contributed by atoms with E-state index in [1.807, 2.05) is 67.6 Å². The lowest BCUT2D eigenvalue weighted by atomic mass is 10.1. The number of rotatable bonds is 7. The zero-order chi connectivity index (χ0) is 21.3. The average molecular weight is 404 g/mol. The molecule has 0 fully saturated rings. The van der Waals surface area contributed by atoms with Crippen LogP contribution in [0, 0.1) is 6.92 Å². The summed E-state index contributed by atoms with van der Waals surface area (Å²) in [7, 11) is 0. The SMILES string of the molecule is Cc1cccc(OCC(=O)NNC(=O)C(C)Oc2ccc(-c3ccccc3)cc2)c1. The molecule has 30 heavy (non-hydrogen) atoms. The molecule has 1 unspecified atom stereocenters. The van der Waals surface area contributed by atoms with E-state index in [2.05, 4.69) is 10.9 Å². The van der Waals surface area contributed by atoms with Crippen molar-refractivity contribution in [2.75, 3.05) is 6.61 Å². The van der Waals surface area contributed by atoms with Crippen molar-refractivity contribution in [3.8, 4) is 22.6 Å². The first-order valence-electron chi connectivity index (χ1n) is 9.61. The van der Waals surface area contributed by atoms with Gasteiger partial charge in [0, 0.05) is 0 Å². The van der Waals surface area contributed by atoms with Gasteiger partial charge < -0.3 is 9.47 Å². The number of amides is 2. The van der Waals surface area contributed by atoms with Gasteiger partial charge in [0.25, 0.3) is 11.8 Å². The third kappa shape index (κ3) is 6.10. The Balaban J connectivity index is 1.43. The molecule has 0 spiro atoms. The summed E-state index contributed by atoms with van der Waals surface area (Å²) in [6.07, 6.45) is -0.787. The lowest BCUT2D eigenvalue weighted by Crippen LogP contribution is -2.48. The van der Waals surface area contributed by atoms with Crippen LogP contribution in [0.2, 0.25) is 0 Å². The number of ether oxygens (including phenoxy) is 2. The molecule has 6 nitrogen and oxygen atoms in total. The number of aryl methyl sites for hydroxylation is 1. The van der Waals surface area contributed by atoms with Gasteiger partial charge in [-0.15, -0.1) is 0 Å². The number of hydrazine groups is 1. The molecule has 3 rings (SSSR count). The maximum absolute atomic E-state index is 12.2. The minimum Gasteiger partial charge on any atom is -0.484 e. The fraction of sp³-hybridized carbons (Fsp3) is 0.167. The van der Waals surface area contributed by atoms with E-state index >= 15 is 0 Å². The van der Waals surface area contributed by atoms with Crippen molar-refractivity contribution in [3.05, 3.63) is 84.4 Å². The van der Waals surface area contributed by atoms with Crippen molar-refractivity contribution < 1.29 is 19.1 Å². The number of hydrogen-bond acceptors (Lipinski definition) is 4. The lowest BCUT2D eigenvalue weighted by molar-refractivity contribution is -0.133. The Morgan fingerprint density at radius 1 is 0.833 bits per heavy atom. The average Bonchev–Trinajstić information content (AvgIpc) is 2.77. The topological polar surface area (TPSA) is 76.7 Å². The van der Waals surface area contributed by atoms with E-state index in [0.717, 1.165) is 16.7 Å². The first-order valence-corrected chi connectivity index (χ1v) is 9.61. The molecule has 0 aliphatic rings. The third-order valence-electron chi connectivity index (χ3n) is 4.33. The Morgan fingerprint density at radius 2 is 1.53 bits per heavy atom. The fourth-order valence-electron chi connectivity index (χ4n) is 2.74. The molecule has 1 atom stereocenters. The van der Waals surface area contributed by atoms with E-state index in [-0.39, 0.29) is 6.61 Å². The van der Waals surface area contributed by atoms with Gasteiger partial charge in [-0.05, 0) is 54.8 Å². The number of hydrogen-bond donors (Lipinski definition) is 2. The van der Waals surface area contributed by atoms with Crippen LogP contribution in [-0.4, -0.2) is 24.5 Å². The van der Waals surface area contributed by atoms with Gasteiger partial charge in [-0.2, -0.15) is 0 Å². The minimum atomic E-state index is -0.787. The highest BCUT2D eigenvalue weighted by molar-refractivity contribution is 5.85. The first-order chi connectivity index (χ1) is 14.5. The van der Waals surface area contributed by atoms with Gasteiger partial charge in [0.15, 0.2) is 12.7 Å². The lowest BCUT2D eigenvalue weighted by Gasteiger charge is -2.15. The van der Waals surface area contributed by atoms with Gasteiger partial charge in [0.2, 0.25) is 0 Å². The van der Waals surface area contributed by atoms with Gasteiger partial charge in [-0.25, -0.2) is 0 Å². The third-order valence-corrected chi connectivity index (χ3v) is 4.33. The van der Waals surface area contributed by atoms with Crippen molar-refractivity contribution >= 4 is 11.8 Å². The molecular weight excluding hydrogens is 380 g/mol. The van der Waals surface area contributed by atoms with Crippen LogP contribution in [0.15, 0.2) is 78.9 Å². The molecule has 154 valence electrons. The van der Waals surface area contributed by atoms with Gasteiger partial charge in [-0.3, -0.25) is 20.4 Å². The zero-order valence-corrected chi connectivity index (χ0v) is 16.9. The standard InChI is InChI=1S/C24H24N2O4/c1-17-7-6-10-22(15-17)29-16-23(27)25-26-24(28)18(2)30-21-13-11-20(12-14-21)19-8-4-3-5-9-19/h3-15,18H,16H2,1-2H3,(H,25,27)(H,26,28). The van der Waals surface area contributed by atoms with E-state index in [9.17, 15) is 9.59 Å². The highest BCUT2D eigenvalue weighted by Crippen LogP contribution is 2.22. The van der Waals surface area contributed by atoms with Crippen molar-refractivity contribution in [2.45, 2.75) is 20.0 Å². The Kier molecular flexibility index (Phi) is 7.05. The van der Waals surface area contributed by atoms with E-state index in [1.54, 1.807) is 25.1 Å². The molecular formula is C24H24N2O4. The van der Waals surface area contributed by atoms with Crippen LogP contribution in [0.5, 0.6) is 11.5 Å². The number of carbonyl (C=O) groups excluding carboxylic acids is 2. The van der Waals surface area contributed by atoms with Gasteiger partial charge >= 0.3 is 0 Å². The summed E-state index contributed by atoms with van der Waals surface area (Å²) in [4.78, 5) is 24.0. The van der Waals surface area contributed by atoms with Crippen LogP contribution in [0.4, 0.5) is 0 Å². The normalized spacial score (nSPS) is 11.3. The van der Waals surface area contributed by atoms with Crippen LogP contribution in [-0.2, 0) is 9.59 Å². The highest BCUT2D eigenvalue weighted by atomic mass is 16.5. The maximum Gasteiger partial charge on any atom is 0.279 e. The Bertz CT molecular complexity index is 988. The Hall–Kier alpha value is -3.80. The Morgan fingerprint density at radius 3 is 2.23 bits per heavy atom. The molecule has 0 aliphatic heterocycles. The fourth-order valence-corrected chi connectivity index (χ4v) is 2.74. The highest BCUT2D eigenvalue weighted by Gasteiger charge is 2.15. The van der Waals surface area contributed by atoms with Gasteiger partial charge in [0.05, 0.1) is 0 Å². The van der Waals surface area contributed by atoms with Crippen LogP contribution >= 0.6 is 0 Å². The minimum absolute atomic E-state index is 0.208. The second-order valence-electron chi connectivity index (χ2n) is 6.79. The summed E-state index contributed by atoms with van der Waals surface area (Å²) in [6.45, 7) is 3.33. The van der Waals surface area contributed by atoms with E-state index < -0.39 is 17.9 Å². The summed E-state index contributed by atoms with van der Waals surface area (Å²) < 4.78 is 11.0. The van der Waals surface area contributed by atoms with Crippen molar-refractivity contribution in [1.29, 1.82) is 0 Å². The largest absolute Gasteiger partial charge is 0.484 e. The van der Waals surface area contributed by atoms with Crippen LogP contribution in [0.3, 0.4) is 0 Å². The molecule has 0 aromatic heterocycles. The second-order valence-corrected chi connectivity index (χ2v) is 6.79. The van der Waals surface area contributed by atoms with Crippen molar-refractivity contribution in [2.24, 2.45) is 0 Å². The van der Waals surface area contributed by atoms with E-state index in [0.29, 0.717) is 11.5 Å². The molecule has 6 heteroatoms. The molecule has 3 aromatic carbocycles. The predicted molar refractivity (Wildman–Crippen MR) is 115 cm³/mol. The molecule has 2 amide bonds. The molecule has 3 aromatic rings. The quantitative estimate of drug-likeness (QED) is 0.590. The van der Waals surface area contributed by atoms with E-state index in [1.165, 1.54) is 0 Å². The molecule has 0 saturated carbocycles. The smallest absolute Gasteiger partial charge is 0.279 e. The summed E-state index contributed by atoms with van der Waals surface area (Å²) in [6, 6.07) is 24.8. The predicted octanol–water partition coefficient (Wildman–Crippen LogP) is 3.66. The summed E-state index contributed by atoms with van der Waals surface area (Å²) in [5, 5.41) is 0. The van der Waals surface area contributed by atoms with Crippen LogP contribution in [0.1, 0.15) is 12.5 Å². The molecule has 0 radical (unpaired) electrons. The van der Waals surface area contributed by atoms with Crippen molar-refractivity contribution in [3.63, 3.8) is 0 Å². The first kappa shape index (κ1) is 20.9. The molecule has 2 N–H and O–H groups in total. The summed E-state index contributed by atoms with van der Waals surface area (Å²) in [5.74, 6) is 0.217. The number of carbonyl (C=O) groups is 2. The number of benzene rings is 3. The second kappa shape index (κ2) is 10.1. The maximum atomic E-state index is 12.2. The molecule has 0 heterocycles. The Labute approximate surface area is 175 Å². The summed E-state index contributed by atoms with van der Waals surface area (Å²) >= 11 is 0. The van der Waals surface area contributed by atoms with E-state index in [4.69, 9.17) is 9.47 Å². The monoisotopic (exact) mass is 404 g/mol. The molecule has 0 bridgehead atoms. The molecule has 0 aliphatic carbocycles. The molecule has 0 saturated heterocycles. The van der Waals surface area contributed by atoms with Gasteiger partial charge in [0.1, 0.15) is 11.5 Å². The van der Waals surface area contributed by atoms with Crippen molar-refractivity contribution in [1.82, 2.24) is 10.9 Å². The zero-order valence-electron chi connectivity index (χ0n) is 16.9. The van der Waals surface area contributed by atoms with Crippen LogP contribution < -0.4 is 20.3 Å². The van der Waals surface area contributed by atoms with Gasteiger partial charge in [-0.1, -0.05) is 54.6 Å². The number of nitrogens with one attached hydrogen (secondary N) is 2. The van der Waals surface area contributed by atoms with Crippen LogP contribution in [0.25, 0.3) is 11.1 Å². The summed E-state index contributed by atoms with van der Waals surface area (Å²) in [5.41, 5.74) is 7.86.